The average molecular weight is 501 g/mol. The summed E-state index contributed by atoms with van der Waals surface area (Å²) >= 11 is 5.92. The van der Waals surface area contributed by atoms with Crippen LogP contribution in [0, 0.1) is 5.82 Å². The second-order valence-electron chi connectivity index (χ2n) is 9.37. The smallest absolute Gasteiger partial charge is 0.240 e. The van der Waals surface area contributed by atoms with E-state index in [-0.39, 0.29) is 36.5 Å². The van der Waals surface area contributed by atoms with Crippen molar-refractivity contribution in [2.45, 2.75) is 44.3 Å². The summed E-state index contributed by atoms with van der Waals surface area (Å²) < 4.78 is 16.3. The number of carbonyl (C=O) groups is 1. The van der Waals surface area contributed by atoms with E-state index in [9.17, 15) is 14.3 Å². The highest BCUT2D eigenvalue weighted by Crippen LogP contribution is 2.29. The van der Waals surface area contributed by atoms with Crippen molar-refractivity contribution in [3.8, 4) is 0 Å². The van der Waals surface area contributed by atoms with Gasteiger partial charge in [0, 0.05) is 35.9 Å². The minimum absolute atomic E-state index is 0.0833. The maximum Gasteiger partial charge on any atom is 0.240 e. The van der Waals surface area contributed by atoms with Crippen molar-refractivity contribution in [3.05, 3.63) is 52.8 Å². The number of piperazine rings is 1. The summed E-state index contributed by atoms with van der Waals surface area (Å²) in [4.78, 5) is 17.1. The topological polar surface area (TPSA) is 86.5 Å². The van der Waals surface area contributed by atoms with Crippen LogP contribution in [0.1, 0.15) is 37.8 Å². The van der Waals surface area contributed by atoms with Crippen LogP contribution in [-0.2, 0) is 4.79 Å². The van der Waals surface area contributed by atoms with E-state index >= 15 is 0 Å². The van der Waals surface area contributed by atoms with Gasteiger partial charge in [-0.25, -0.2) is 9.07 Å². The number of aromatic nitrogens is 3. The Hall–Kier alpha value is -2.75. The molecule has 0 aliphatic carbocycles. The number of benzene rings is 2. The van der Waals surface area contributed by atoms with Gasteiger partial charge in [0.25, 0.3) is 0 Å². The van der Waals surface area contributed by atoms with Gasteiger partial charge < -0.3 is 20.2 Å². The van der Waals surface area contributed by atoms with E-state index in [0.717, 1.165) is 37.0 Å². The number of anilines is 1. The number of nitrogens with one attached hydrogen (secondary N) is 1. The lowest BCUT2D eigenvalue weighted by molar-refractivity contribution is -0.137. The first-order valence-corrected chi connectivity index (χ1v) is 12.5. The van der Waals surface area contributed by atoms with Crippen LogP contribution in [0.5, 0.6) is 0 Å². The number of hydrogen-bond donors (Lipinski definition) is 2. The molecule has 2 N–H and O–H groups in total. The monoisotopic (exact) mass is 500 g/mol. The van der Waals surface area contributed by atoms with E-state index in [1.54, 1.807) is 16.8 Å². The van der Waals surface area contributed by atoms with Crippen LogP contribution in [0.4, 0.5) is 10.1 Å². The van der Waals surface area contributed by atoms with Gasteiger partial charge in [0.1, 0.15) is 11.3 Å². The number of fused-ring (bicyclic) bond motifs is 1. The molecule has 1 amide bonds. The quantitative estimate of drug-likeness (QED) is 0.560. The van der Waals surface area contributed by atoms with Gasteiger partial charge in [0.15, 0.2) is 0 Å². The zero-order valence-corrected chi connectivity index (χ0v) is 20.5. The van der Waals surface area contributed by atoms with Gasteiger partial charge in [-0.2, -0.15) is 0 Å². The maximum absolute atomic E-state index is 14.6. The van der Waals surface area contributed by atoms with Crippen molar-refractivity contribution in [2.24, 2.45) is 0 Å². The molecule has 2 fully saturated rings. The lowest BCUT2D eigenvalue weighted by atomic mass is 10.0. The lowest BCUT2D eigenvalue weighted by Crippen LogP contribution is -2.60. The molecular formula is C25H30ClFN6O2. The Labute approximate surface area is 208 Å². The molecule has 0 saturated carbocycles. The third-order valence-electron chi connectivity index (χ3n) is 7.18. The van der Waals surface area contributed by atoms with Crippen LogP contribution in [-0.4, -0.2) is 75.8 Å². The fraction of sp³-hybridized carbons (Fsp3) is 0.480. The molecule has 2 aromatic carbocycles. The van der Waals surface area contributed by atoms with Crippen molar-refractivity contribution in [1.29, 1.82) is 0 Å². The Morgan fingerprint density at radius 1 is 1.26 bits per heavy atom. The van der Waals surface area contributed by atoms with Crippen LogP contribution >= 0.6 is 11.6 Å². The summed E-state index contributed by atoms with van der Waals surface area (Å²) in [7, 11) is 0. The molecule has 0 unspecified atom stereocenters. The summed E-state index contributed by atoms with van der Waals surface area (Å²) in [6, 6.07) is 9.69. The molecule has 35 heavy (non-hydrogen) atoms. The van der Waals surface area contributed by atoms with Crippen LogP contribution in [0.3, 0.4) is 0 Å². The van der Waals surface area contributed by atoms with Gasteiger partial charge in [0.2, 0.25) is 5.91 Å². The number of hydrogen-bond acceptors (Lipinski definition) is 6. The van der Waals surface area contributed by atoms with E-state index in [0.29, 0.717) is 35.7 Å². The molecule has 186 valence electrons. The SMILES string of the molecule is C[C@H](c1ccc(Cl)cc1F)n1nnc2ccc(N3CCN(C(=O)[C@H]4CCCCN4)[C@H](CO)C3)cc21. The van der Waals surface area contributed by atoms with Crippen LogP contribution in [0.15, 0.2) is 36.4 Å². The zero-order valence-electron chi connectivity index (χ0n) is 19.7. The number of piperidine rings is 1. The van der Waals surface area contributed by atoms with E-state index in [1.165, 1.54) is 6.07 Å². The first-order valence-electron chi connectivity index (χ1n) is 12.2. The normalized spacial score (nSPS) is 21.9. The minimum atomic E-state index is -0.385. The summed E-state index contributed by atoms with van der Waals surface area (Å²) in [5.41, 5.74) is 2.93. The van der Waals surface area contributed by atoms with Gasteiger partial charge in [0.05, 0.1) is 30.2 Å². The van der Waals surface area contributed by atoms with Crippen molar-refractivity contribution >= 4 is 34.2 Å². The van der Waals surface area contributed by atoms with Gasteiger partial charge in [-0.15, -0.1) is 5.10 Å². The number of aliphatic hydroxyl groups excluding tert-OH is 1. The second-order valence-corrected chi connectivity index (χ2v) is 9.80. The minimum Gasteiger partial charge on any atom is -0.394 e. The third kappa shape index (κ3) is 4.72. The summed E-state index contributed by atoms with van der Waals surface area (Å²) in [5.74, 6) is -0.302. The molecule has 8 nitrogen and oxygen atoms in total. The molecular weight excluding hydrogens is 471 g/mol. The fourth-order valence-electron chi connectivity index (χ4n) is 5.18. The predicted molar refractivity (Wildman–Crippen MR) is 133 cm³/mol. The van der Waals surface area contributed by atoms with Crippen molar-refractivity contribution < 1.29 is 14.3 Å². The Balaban J connectivity index is 1.37. The Morgan fingerprint density at radius 2 is 2.11 bits per heavy atom. The number of nitrogens with zero attached hydrogens (tertiary/aromatic N) is 5. The second kappa shape index (κ2) is 10.1. The average Bonchev–Trinajstić information content (AvgIpc) is 3.31. The lowest BCUT2D eigenvalue weighted by Gasteiger charge is -2.43. The highest BCUT2D eigenvalue weighted by atomic mass is 35.5. The molecule has 2 aliphatic heterocycles. The molecule has 1 aromatic heterocycles. The zero-order chi connectivity index (χ0) is 24.5. The molecule has 2 saturated heterocycles. The molecule has 0 bridgehead atoms. The van der Waals surface area contributed by atoms with Crippen molar-refractivity contribution in [1.82, 2.24) is 25.2 Å². The Kier molecular flexibility index (Phi) is 6.91. The van der Waals surface area contributed by atoms with E-state index in [2.05, 4.69) is 20.5 Å². The summed E-state index contributed by atoms with van der Waals surface area (Å²) in [6.07, 6.45) is 2.99. The summed E-state index contributed by atoms with van der Waals surface area (Å²) in [6.45, 7) is 4.37. The van der Waals surface area contributed by atoms with Crippen LogP contribution in [0.25, 0.3) is 11.0 Å². The van der Waals surface area contributed by atoms with Crippen molar-refractivity contribution in [3.63, 3.8) is 0 Å². The highest BCUT2D eigenvalue weighted by Gasteiger charge is 2.34. The number of rotatable bonds is 5. The first kappa shape index (κ1) is 24.0. The van der Waals surface area contributed by atoms with Gasteiger partial charge in [-0.05, 0) is 56.6 Å². The first-order chi connectivity index (χ1) is 17.0. The Morgan fingerprint density at radius 3 is 2.86 bits per heavy atom. The highest BCUT2D eigenvalue weighted by molar-refractivity contribution is 6.30. The largest absolute Gasteiger partial charge is 0.394 e. The predicted octanol–water partition coefficient (Wildman–Crippen LogP) is 2.98. The van der Waals surface area contributed by atoms with Gasteiger partial charge in [-0.1, -0.05) is 29.3 Å². The molecule has 3 heterocycles. The third-order valence-corrected chi connectivity index (χ3v) is 7.42. The number of carbonyl (C=O) groups excluding carboxylic acids is 1. The van der Waals surface area contributed by atoms with E-state index < -0.39 is 0 Å². The van der Waals surface area contributed by atoms with Gasteiger partial charge >= 0.3 is 0 Å². The number of halogens is 2. The molecule has 3 aromatic rings. The number of aliphatic hydroxyl groups is 1. The molecule has 3 atom stereocenters. The standard InChI is InChI=1S/C25H30ClFN6O2/c1-16(20-7-5-17(26)12-21(20)27)33-24-13-18(6-8-22(24)29-30-33)31-10-11-32(19(14-31)15-34)25(35)23-4-2-3-9-28-23/h5-8,12-13,16,19,23,28,34H,2-4,9-11,14-15H2,1H3/t16-,19+,23-/m1/s1. The van der Waals surface area contributed by atoms with Crippen LogP contribution < -0.4 is 10.2 Å². The molecule has 2 aliphatic rings. The molecule has 0 spiro atoms. The molecule has 5 rings (SSSR count). The van der Waals surface area contributed by atoms with Gasteiger partial charge in [-0.3, -0.25) is 4.79 Å². The summed E-state index contributed by atoms with van der Waals surface area (Å²) in [5, 5.41) is 22.3. The van der Waals surface area contributed by atoms with E-state index in [1.807, 2.05) is 30.0 Å². The Bertz CT molecular complexity index is 1210. The molecule has 10 heteroatoms. The fourth-order valence-corrected chi connectivity index (χ4v) is 5.34. The maximum atomic E-state index is 14.6. The van der Waals surface area contributed by atoms with Crippen molar-refractivity contribution in [2.75, 3.05) is 37.7 Å². The molecule has 0 radical (unpaired) electrons. The van der Waals surface area contributed by atoms with E-state index in [4.69, 9.17) is 11.6 Å². The van der Waals surface area contributed by atoms with Crippen LogP contribution in [0.2, 0.25) is 5.02 Å². The number of amides is 1.